The molecule has 1 heterocycles. The number of fused-ring (bicyclic) bond motifs is 1. The van der Waals surface area contributed by atoms with Crippen molar-refractivity contribution >= 4 is 11.0 Å². The minimum Gasteiger partial charge on any atom is -0.456 e. The van der Waals surface area contributed by atoms with Gasteiger partial charge >= 0.3 is 0 Å². The van der Waals surface area contributed by atoms with Crippen molar-refractivity contribution in [1.29, 1.82) is 0 Å². The molecule has 0 N–H and O–H groups in total. The molecule has 0 saturated heterocycles. The van der Waals surface area contributed by atoms with Gasteiger partial charge in [-0.25, -0.2) is 0 Å². The zero-order valence-corrected chi connectivity index (χ0v) is 14.0. The minimum absolute atomic E-state index is 0.152. The summed E-state index contributed by atoms with van der Waals surface area (Å²) in [7, 11) is 0. The molecule has 0 bridgehead atoms. The minimum atomic E-state index is 0.152. The van der Waals surface area contributed by atoms with Crippen molar-refractivity contribution in [3.63, 3.8) is 0 Å². The number of para-hydroxylation sites is 1. The van der Waals surface area contributed by atoms with Crippen LogP contribution in [0.4, 0.5) is 0 Å². The first-order valence-corrected chi connectivity index (χ1v) is 8.87. The Bertz CT molecular complexity index is 913. The first kappa shape index (κ1) is 15.2. The second kappa shape index (κ2) is 6.27. The van der Waals surface area contributed by atoms with Crippen molar-refractivity contribution in [3.05, 3.63) is 69.9 Å². The molecule has 3 aromatic rings. The zero-order chi connectivity index (χ0) is 16.5. The summed E-state index contributed by atoms with van der Waals surface area (Å²) in [6.45, 7) is 2.07. The van der Waals surface area contributed by atoms with E-state index in [-0.39, 0.29) is 5.43 Å². The van der Waals surface area contributed by atoms with Crippen LogP contribution in [0.2, 0.25) is 0 Å². The largest absolute Gasteiger partial charge is 0.456 e. The quantitative estimate of drug-likeness (QED) is 0.596. The van der Waals surface area contributed by atoms with Gasteiger partial charge in [-0.1, -0.05) is 61.2 Å². The van der Waals surface area contributed by atoms with Gasteiger partial charge in [0.2, 0.25) is 0 Å². The van der Waals surface area contributed by atoms with Crippen LogP contribution in [-0.4, -0.2) is 0 Å². The van der Waals surface area contributed by atoms with E-state index < -0.39 is 0 Å². The van der Waals surface area contributed by atoms with Crippen molar-refractivity contribution in [3.8, 4) is 11.3 Å². The lowest BCUT2D eigenvalue weighted by Crippen LogP contribution is -2.17. The fourth-order valence-electron chi connectivity index (χ4n) is 3.84. The molecule has 0 aliphatic heterocycles. The van der Waals surface area contributed by atoms with E-state index >= 15 is 0 Å². The summed E-state index contributed by atoms with van der Waals surface area (Å²) in [6.07, 6.45) is 5.84. The van der Waals surface area contributed by atoms with Gasteiger partial charge in [-0.15, -0.1) is 0 Å². The van der Waals surface area contributed by atoms with Crippen molar-refractivity contribution in [2.45, 2.75) is 44.9 Å². The molecule has 1 aromatic heterocycles. The van der Waals surface area contributed by atoms with Crippen LogP contribution in [0.15, 0.2) is 57.7 Å². The topological polar surface area (TPSA) is 30.2 Å². The molecule has 1 aliphatic carbocycles. The average Bonchev–Trinajstić information content (AvgIpc) is 2.63. The Morgan fingerprint density at radius 3 is 2.38 bits per heavy atom. The van der Waals surface area contributed by atoms with Crippen molar-refractivity contribution < 1.29 is 4.42 Å². The van der Waals surface area contributed by atoms with Gasteiger partial charge in [-0.3, -0.25) is 4.79 Å². The highest BCUT2D eigenvalue weighted by Crippen LogP contribution is 2.37. The second-order valence-electron chi connectivity index (χ2n) is 6.87. The molecule has 1 aliphatic rings. The maximum atomic E-state index is 13.2. The highest BCUT2D eigenvalue weighted by Gasteiger charge is 2.25. The first-order chi connectivity index (χ1) is 11.7. The standard InChI is InChI=1S/C22H22O2/c1-15-11-13-17(14-12-15)22-20(16-7-3-2-4-8-16)21(23)18-9-5-6-10-19(18)24-22/h5-6,9-14,16H,2-4,7-8H2,1H3. The number of hydrogen-bond acceptors (Lipinski definition) is 2. The Balaban J connectivity index is 1.98. The van der Waals surface area contributed by atoms with E-state index in [1.165, 1.54) is 24.8 Å². The molecular weight excluding hydrogens is 296 g/mol. The van der Waals surface area contributed by atoms with Gasteiger partial charge in [-0.2, -0.15) is 0 Å². The molecule has 24 heavy (non-hydrogen) atoms. The smallest absolute Gasteiger partial charge is 0.196 e. The Hall–Kier alpha value is -2.35. The SMILES string of the molecule is Cc1ccc(-c2oc3ccccc3c(=O)c2C2CCCCC2)cc1. The number of rotatable bonds is 2. The fourth-order valence-corrected chi connectivity index (χ4v) is 3.84. The molecule has 2 aromatic carbocycles. The summed E-state index contributed by atoms with van der Waals surface area (Å²) in [5, 5.41) is 0.703. The number of benzene rings is 2. The highest BCUT2D eigenvalue weighted by molar-refractivity contribution is 5.80. The monoisotopic (exact) mass is 318 g/mol. The molecular formula is C22H22O2. The Morgan fingerprint density at radius 2 is 1.62 bits per heavy atom. The van der Waals surface area contributed by atoms with E-state index in [0.717, 1.165) is 29.7 Å². The Labute approximate surface area is 142 Å². The molecule has 1 fully saturated rings. The second-order valence-corrected chi connectivity index (χ2v) is 6.87. The van der Waals surface area contributed by atoms with Gasteiger partial charge in [0.1, 0.15) is 11.3 Å². The summed E-state index contributed by atoms with van der Waals surface area (Å²) in [5.41, 5.74) is 3.93. The van der Waals surface area contributed by atoms with Crippen LogP contribution < -0.4 is 5.43 Å². The van der Waals surface area contributed by atoms with E-state index in [9.17, 15) is 4.79 Å². The third-order valence-electron chi connectivity index (χ3n) is 5.16. The molecule has 4 rings (SSSR count). The molecule has 2 heteroatoms. The zero-order valence-electron chi connectivity index (χ0n) is 14.0. The van der Waals surface area contributed by atoms with Crippen LogP contribution >= 0.6 is 0 Å². The summed E-state index contributed by atoms with van der Waals surface area (Å²) in [4.78, 5) is 13.2. The van der Waals surface area contributed by atoms with Gasteiger partial charge in [0, 0.05) is 11.1 Å². The Morgan fingerprint density at radius 1 is 0.917 bits per heavy atom. The van der Waals surface area contributed by atoms with E-state index in [0.29, 0.717) is 16.9 Å². The number of aryl methyl sites for hydroxylation is 1. The van der Waals surface area contributed by atoms with Crippen LogP contribution in [-0.2, 0) is 0 Å². The van der Waals surface area contributed by atoms with E-state index in [1.54, 1.807) is 0 Å². The van der Waals surface area contributed by atoms with Crippen LogP contribution in [0.1, 0.15) is 49.1 Å². The van der Waals surface area contributed by atoms with Gasteiger partial charge in [0.25, 0.3) is 0 Å². The molecule has 1 saturated carbocycles. The molecule has 0 atom stereocenters. The summed E-state index contributed by atoms with van der Waals surface area (Å²) < 4.78 is 6.25. The third-order valence-corrected chi connectivity index (χ3v) is 5.16. The van der Waals surface area contributed by atoms with Crippen molar-refractivity contribution in [2.75, 3.05) is 0 Å². The summed E-state index contributed by atoms with van der Waals surface area (Å²) in [5.74, 6) is 1.08. The van der Waals surface area contributed by atoms with Crippen LogP contribution in [0.3, 0.4) is 0 Å². The predicted octanol–water partition coefficient (Wildman–Crippen LogP) is 5.82. The van der Waals surface area contributed by atoms with Gasteiger partial charge < -0.3 is 4.42 Å². The molecule has 122 valence electrons. The average molecular weight is 318 g/mol. The van der Waals surface area contributed by atoms with Crippen molar-refractivity contribution in [1.82, 2.24) is 0 Å². The predicted molar refractivity (Wildman–Crippen MR) is 98.5 cm³/mol. The van der Waals surface area contributed by atoms with Crippen molar-refractivity contribution in [2.24, 2.45) is 0 Å². The van der Waals surface area contributed by atoms with Gasteiger partial charge in [-0.05, 0) is 37.8 Å². The molecule has 0 unspecified atom stereocenters. The molecule has 0 radical (unpaired) electrons. The third kappa shape index (κ3) is 2.66. The van der Waals surface area contributed by atoms with Crippen LogP contribution in [0, 0.1) is 6.92 Å². The van der Waals surface area contributed by atoms with E-state index in [2.05, 4.69) is 31.2 Å². The highest BCUT2D eigenvalue weighted by atomic mass is 16.3. The van der Waals surface area contributed by atoms with Gasteiger partial charge in [0.15, 0.2) is 5.43 Å². The summed E-state index contributed by atoms with van der Waals surface area (Å²) >= 11 is 0. The lowest BCUT2D eigenvalue weighted by molar-refractivity contribution is 0.436. The van der Waals surface area contributed by atoms with E-state index in [4.69, 9.17) is 4.42 Å². The molecule has 0 amide bonds. The van der Waals surface area contributed by atoms with Gasteiger partial charge in [0.05, 0.1) is 5.39 Å². The lowest BCUT2D eigenvalue weighted by atomic mass is 9.82. The number of hydrogen-bond donors (Lipinski definition) is 0. The molecule has 2 nitrogen and oxygen atoms in total. The van der Waals surface area contributed by atoms with E-state index in [1.807, 2.05) is 24.3 Å². The first-order valence-electron chi connectivity index (χ1n) is 8.87. The van der Waals surface area contributed by atoms with Crippen LogP contribution in [0.25, 0.3) is 22.3 Å². The maximum Gasteiger partial charge on any atom is 0.196 e. The Kier molecular flexibility index (Phi) is 3.97. The lowest BCUT2D eigenvalue weighted by Gasteiger charge is -2.23. The molecule has 0 spiro atoms. The maximum absolute atomic E-state index is 13.2. The van der Waals surface area contributed by atoms with Crippen LogP contribution in [0.5, 0.6) is 0 Å². The normalized spacial score (nSPS) is 15.7. The fraction of sp³-hybridized carbons (Fsp3) is 0.318. The summed E-state index contributed by atoms with van der Waals surface area (Å²) in [6, 6.07) is 15.9.